The van der Waals surface area contributed by atoms with Crippen molar-refractivity contribution in [2.24, 2.45) is 0 Å². The Balaban J connectivity index is 1.90. The highest BCUT2D eigenvalue weighted by Crippen LogP contribution is 2.28. The second-order valence-electron chi connectivity index (χ2n) is 5.40. The molecule has 0 fully saturated rings. The largest absolute Gasteiger partial charge is 0.497 e. The van der Waals surface area contributed by atoms with Crippen LogP contribution in [0.1, 0.15) is 5.69 Å². The fourth-order valence-electron chi connectivity index (χ4n) is 2.89. The molecule has 2 heterocycles. The number of pyridine rings is 1. The smallest absolute Gasteiger partial charge is 0.137 e. The van der Waals surface area contributed by atoms with E-state index in [0.717, 1.165) is 28.3 Å². The van der Waals surface area contributed by atoms with Crippen LogP contribution in [0.4, 0.5) is 0 Å². The molecule has 0 bridgehead atoms. The molecule has 4 aromatic rings. The molecule has 0 atom stereocenters. The average Bonchev–Trinajstić information content (AvgIpc) is 2.91. The van der Waals surface area contributed by atoms with E-state index in [4.69, 9.17) is 9.72 Å². The number of nitrogens with zero attached hydrogens (tertiary/aromatic N) is 2. The van der Waals surface area contributed by atoms with Crippen molar-refractivity contribution < 1.29 is 4.74 Å². The first-order chi connectivity index (χ1) is 10.8. The lowest BCUT2D eigenvalue weighted by Gasteiger charge is -2.05. The Hall–Kier alpha value is -2.81. The van der Waals surface area contributed by atoms with Crippen LogP contribution in [0.5, 0.6) is 5.75 Å². The summed E-state index contributed by atoms with van der Waals surface area (Å²) in [6, 6.07) is 18.6. The molecule has 0 aliphatic heterocycles. The van der Waals surface area contributed by atoms with Gasteiger partial charge in [-0.15, -0.1) is 0 Å². The number of fused-ring (bicyclic) bond motifs is 2. The maximum atomic E-state index is 5.28. The van der Waals surface area contributed by atoms with E-state index in [1.165, 1.54) is 10.8 Å². The number of ether oxygens (including phenoxy) is 1. The van der Waals surface area contributed by atoms with E-state index >= 15 is 0 Å². The maximum Gasteiger partial charge on any atom is 0.137 e. The van der Waals surface area contributed by atoms with Gasteiger partial charge in [-0.3, -0.25) is 0 Å². The molecule has 0 saturated carbocycles. The van der Waals surface area contributed by atoms with Gasteiger partial charge in [0.1, 0.15) is 11.4 Å². The number of methoxy groups -OCH3 is 1. The molecule has 0 saturated heterocycles. The van der Waals surface area contributed by atoms with Crippen molar-refractivity contribution in [2.75, 3.05) is 7.11 Å². The van der Waals surface area contributed by atoms with Crippen LogP contribution in [-0.2, 0) is 0 Å². The van der Waals surface area contributed by atoms with Crippen molar-refractivity contribution in [3.63, 3.8) is 0 Å². The summed E-state index contributed by atoms with van der Waals surface area (Å²) in [5.41, 5.74) is 4.30. The summed E-state index contributed by atoms with van der Waals surface area (Å²) in [4.78, 5) is 4.76. The van der Waals surface area contributed by atoms with Gasteiger partial charge in [-0.25, -0.2) is 4.98 Å². The number of aryl methyl sites for hydroxylation is 1. The average molecular weight is 288 g/mol. The molecule has 0 radical (unpaired) electrons. The molecule has 3 heteroatoms. The van der Waals surface area contributed by atoms with Crippen LogP contribution in [-0.4, -0.2) is 16.5 Å². The van der Waals surface area contributed by atoms with Crippen LogP contribution in [0.15, 0.2) is 60.8 Å². The Morgan fingerprint density at radius 3 is 2.59 bits per heavy atom. The lowest BCUT2D eigenvalue weighted by Crippen LogP contribution is -1.87. The van der Waals surface area contributed by atoms with Crippen LogP contribution in [0, 0.1) is 6.92 Å². The van der Waals surface area contributed by atoms with E-state index in [1.807, 2.05) is 30.5 Å². The van der Waals surface area contributed by atoms with Crippen LogP contribution in [0.3, 0.4) is 0 Å². The molecule has 0 aliphatic carbocycles. The van der Waals surface area contributed by atoms with Crippen molar-refractivity contribution >= 4 is 16.4 Å². The highest BCUT2D eigenvalue weighted by Gasteiger charge is 2.10. The Kier molecular flexibility index (Phi) is 2.86. The van der Waals surface area contributed by atoms with Crippen molar-refractivity contribution in [2.45, 2.75) is 6.92 Å². The molecule has 2 aromatic heterocycles. The van der Waals surface area contributed by atoms with Gasteiger partial charge in [-0.1, -0.05) is 24.3 Å². The second kappa shape index (κ2) is 4.88. The molecule has 2 aromatic carbocycles. The summed E-state index contributed by atoms with van der Waals surface area (Å²) in [5.74, 6) is 0.879. The standard InChI is InChI=1S/C19H16N2O/c1-13-19(20-18-5-3-4-10-21(13)18)16-7-6-15-12-17(22-2)9-8-14(15)11-16/h3-12H,1-2H3. The Morgan fingerprint density at radius 2 is 1.77 bits per heavy atom. The zero-order valence-corrected chi connectivity index (χ0v) is 12.6. The summed E-state index contributed by atoms with van der Waals surface area (Å²) in [5, 5.41) is 2.36. The van der Waals surface area contributed by atoms with Crippen LogP contribution in [0.25, 0.3) is 27.7 Å². The molecule has 3 nitrogen and oxygen atoms in total. The minimum absolute atomic E-state index is 0.879. The summed E-state index contributed by atoms with van der Waals surface area (Å²) in [6.07, 6.45) is 2.05. The predicted octanol–water partition coefficient (Wildman–Crippen LogP) is 4.47. The van der Waals surface area contributed by atoms with Gasteiger partial charge in [0, 0.05) is 17.5 Å². The van der Waals surface area contributed by atoms with E-state index in [1.54, 1.807) is 7.11 Å². The van der Waals surface area contributed by atoms with Crippen molar-refractivity contribution in [1.29, 1.82) is 0 Å². The third-order valence-electron chi connectivity index (χ3n) is 4.09. The number of hydrogen-bond donors (Lipinski definition) is 0. The molecule has 0 amide bonds. The van der Waals surface area contributed by atoms with E-state index in [0.29, 0.717) is 0 Å². The minimum Gasteiger partial charge on any atom is -0.497 e. The summed E-state index contributed by atoms with van der Waals surface area (Å²) >= 11 is 0. The quantitative estimate of drug-likeness (QED) is 0.544. The summed E-state index contributed by atoms with van der Waals surface area (Å²) in [7, 11) is 1.69. The van der Waals surface area contributed by atoms with Gasteiger partial charge in [0.25, 0.3) is 0 Å². The van der Waals surface area contributed by atoms with Crippen molar-refractivity contribution in [3.8, 4) is 17.0 Å². The van der Waals surface area contributed by atoms with E-state index < -0.39 is 0 Å². The van der Waals surface area contributed by atoms with Gasteiger partial charge < -0.3 is 9.14 Å². The molecule has 4 rings (SSSR count). The number of aromatic nitrogens is 2. The van der Waals surface area contributed by atoms with Crippen molar-refractivity contribution in [3.05, 3.63) is 66.5 Å². The maximum absolute atomic E-state index is 5.28. The molecule has 108 valence electrons. The molecule has 22 heavy (non-hydrogen) atoms. The van der Waals surface area contributed by atoms with Gasteiger partial charge in [0.05, 0.1) is 12.8 Å². The van der Waals surface area contributed by atoms with Crippen LogP contribution >= 0.6 is 0 Å². The zero-order chi connectivity index (χ0) is 15.1. The van der Waals surface area contributed by atoms with E-state index in [-0.39, 0.29) is 0 Å². The highest BCUT2D eigenvalue weighted by atomic mass is 16.5. The predicted molar refractivity (Wildman–Crippen MR) is 89.4 cm³/mol. The Morgan fingerprint density at radius 1 is 0.955 bits per heavy atom. The lowest BCUT2D eigenvalue weighted by atomic mass is 10.0. The van der Waals surface area contributed by atoms with Crippen LogP contribution < -0.4 is 4.74 Å². The minimum atomic E-state index is 0.879. The first-order valence-electron chi connectivity index (χ1n) is 7.28. The highest BCUT2D eigenvalue weighted by molar-refractivity contribution is 5.88. The first kappa shape index (κ1) is 12.9. The van der Waals surface area contributed by atoms with Gasteiger partial charge >= 0.3 is 0 Å². The Bertz CT molecular complexity index is 985. The first-order valence-corrected chi connectivity index (χ1v) is 7.28. The number of benzene rings is 2. The number of hydrogen-bond acceptors (Lipinski definition) is 2. The number of imidazole rings is 1. The fraction of sp³-hybridized carbons (Fsp3) is 0.105. The van der Waals surface area contributed by atoms with Gasteiger partial charge in [-0.2, -0.15) is 0 Å². The number of rotatable bonds is 2. The van der Waals surface area contributed by atoms with Gasteiger partial charge in [-0.05, 0) is 48.0 Å². The monoisotopic (exact) mass is 288 g/mol. The van der Waals surface area contributed by atoms with Gasteiger partial charge in [0.2, 0.25) is 0 Å². The van der Waals surface area contributed by atoms with E-state index in [9.17, 15) is 0 Å². The molecule has 0 spiro atoms. The molecular formula is C19H16N2O. The molecule has 0 N–H and O–H groups in total. The van der Waals surface area contributed by atoms with Crippen LogP contribution in [0.2, 0.25) is 0 Å². The zero-order valence-electron chi connectivity index (χ0n) is 12.6. The topological polar surface area (TPSA) is 26.5 Å². The normalized spacial score (nSPS) is 11.2. The van der Waals surface area contributed by atoms with Gasteiger partial charge in [0.15, 0.2) is 0 Å². The Labute approximate surface area is 128 Å². The molecular weight excluding hydrogens is 272 g/mol. The SMILES string of the molecule is COc1ccc2cc(-c3nc4ccccn4c3C)ccc2c1. The second-order valence-corrected chi connectivity index (χ2v) is 5.40. The lowest BCUT2D eigenvalue weighted by molar-refractivity contribution is 0.415. The third-order valence-corrected chi connectivity index (χ3v) is 4.09. The molecule has 0 aliphatic rings. The summed E-state index contributed by atoms with van der Waals surface area (Å²) in [6.45, 7) is 2.10. The van der Waals surface area contributed by atoms with Crippen molar-refractivity contribution in [1.82, 2.24) is 9.38 Å². The fourth-order valence-corrected chi connectivity index (χ4v) is 2.89. The summed E-state index contributed by atoms with van der Waals surface area (Å²) < 4.78 is 7.40. The third kappa shape index (κ3) is 1.94. The van der Waals surface area contributed by atoms with E-state index in [2.05, 4.69) is 41.7 Å². The molecule has 0 unspecified atom stereocenters.